The van der Waals surface area contributed by atoms with Gasteiger partial charge in [-0.1, -0.05) is 18.5 Å². The van der Waals surface area contributed by atoms with Gasteiger partial charge in [-0.25, -0.2) is 0 Å². The molecule has 0 aliphatic heterocycles. The van der Waals surface area contributed by atoms with Crippen LogP contribution in [0.3, 0.4) is 0 Å². The molecule has 0 amide bonds. The number of phenolic OH excluding ortho intramolecular Hbond substituents is 2. The molecule has 0 saturated carbocycles. The molecule has 1 aliphatic carbocycles. The Labute approximate surface area is 132 Å². The fraction of sp³-hybridized carbons (Fsp3) is 0.235. The summed E-state index contributed by atoms with van der Waals surface area (Å²) in [5, 5.41) is 20.0. The molecule has 1 aliphatic rings. The lowest BCUT2D eigenvalue weighted by Gasteiger charge is -2.28. The molecule has 2 aromatic carbocycles. The van der Waals surface area contributed by atoms with E-state index in [4.69, 9.17) is 16.3 Å². The highest BCUT2D eigenvalue weighted by atomic mass is 35.5. The highest BCUT2D eigenvalue weighted by Gasteiger charge is 2.35. The maximum Gasteiger partial charge on any atom is 0.197 e. The van der Waals surface area contributed by atoms with Gasteiger partial charge in [0.05, 0.1) is 17.7 Å². The third-order valence-electron chi connectivity index (χ3n) is 4.19. The molecule has 0 saturated heterocycles. The minimum Gasteiger partial charge on any atom is -0.507 e. The molecule has 4 nitrogen and oxygen atoms in total. The Kier molecular flexibility index (Phi) is 3.29. The number of ketones is 1. The normalized spacial score (nSPS) is 16.2. The summed E-state index contributed by atoms with van der Waals surface area (Å²) in [7, 11) is 1.56. The molecular formula is C17H15ClO4. The minimum absolute atomic E-state index is 0.0970. The fourth-order valence-corrected chi connectivity index (χ4v) is 3.44. The van der Waals surface area contributed by atoms with Crippen molar-refractivity contribution in [3.05, 3.63) is 51.0 Å². The first-order valence-corrected chi connectivity index (χ1v) is 7.22. The van der Waals surface area contributed by atoms with Gasteiger partial charge in [0.2, 0.25) is 0 Å². The summed E-state index contributed by atoms with van der Waals surface area (Å²) in [6.45, 7) is 3.71. The Morgan fingerprint density at radius 2 is 1.82 bits per heavy atom. The van der Waals surface area contributed by atoms with Crippen molar-refractivity contribution in [1.29, 1.82) is 0 Å². The number of aromatic hydroxyl groups is 2. The topological polar surface area (TPSA) is 66.8 Å². The number of carbonyl (C=O) groups excluding carboxylic acids is 1. The summed E-state index contributed by atoms with van der Waals surface area (Å²) < 4.78 is 5.27. The molecular weight excluding hydrogens is 304 g/mol. The molecule has 0 bridgehead atoms. The van der Waals surface area contributed by atoms with Crippen LogP contribution in [0.25, 0.3) is 0 Å². The highest BCUT2D eigenvalue weighted by molar-refractivity contribution is 6.34. The van der Waals surface area contributed by atoms with Gasteiger partial charge < -0.3 is 14.9 Å². The van der Waals surface area contributed by atoms with E-state index in [9.17, 15) is 15.0 Å². The summed E-state index contributed by atoms with van der Waals surface area (Å²) >= 11 is 6.18. The van der Waals surface area contributed by atoms with Gasteiger partial charge >= 0.3 is 0 Å². The quantitative estimate of drug-likeness (QED) is 0.840. The first kappa shape index (κ1) is 14.7. The number of fused-ring (bicyclic) bond motifs is 2. The molecule has 2 N–H and O–H groups in total. The van der Waals surface area contributed by atoms with Gasteiger partial charge in [0.15, 0.2) is 5.78 Å². The van der Waals surface area contributed by atoms with Gasteiger partial charge in [0.25, 0.3) is 0 Å². The summed E-state index contributed by atoms with van der Waals surface area (Å²) in [4.78, 5) is 12.8. The first-order valence-electron chi connectivity index (χ1n) is 6.84. The van der Waals surface area contributed by atoms with E-state index < -0.39 is 0 Å². The highest BCUT2D eigenvalue weighted by Crippen LogP contribution is 2.48. The molecule has 0 heterocycles. The molecule has 0 radical (unpaired) electrons. The van der Waals surface area contributed by atoms with Crippen LogP contribution in [0.5, 0.6) is 17.2 Å². The van der Waals surface area contributed by atoms with E-state index in [2.05, 4.69) is 0 Å². The molecule has 0 spiro atoms. The van der Waals surface area contributed by atoms with Crippen LogP contribution >= 0.6 is 11.6 Å². The van der Waals surface area contributed by atoms with Crippen LogP contribution in [0.15, 0.2) is 18.2 Å². The number of methoxy groups -OCH3 is 1. The number of hydrogen-bond acceptors (Lipinski definition) is 4. The van der Waals surface area contributed by atoms with E-state index in [1.807, 2.05) is 13.8 Å². The van der Waals surface area contributed by atoms with Crippen molar-refractivity contribution in [2.75, 3.05) is 7.11 Å². The zero-order chi connectivity index (χ0) is 16.2. The number of phenols is 2. The van der Waals surface area contributed by atoms with Crippen LogP contribution in [0.1, 0.15) is 45.5 Å². The molecule has 0 aromatic heterocycles. The number of carbonyl (C=O) groups is 1. The smallest absolute Gasteiger partial charge is 0.197 e. The fourth-order valence-electron chi connectivity index (χ4n) is 3.13. The number of benzene rings is 2. The van der Waals surface area contributed by atoms with Crippen molar-refractivity contribution in [2.45, 2.75) is 19.8 Å². The average Bonchev–Trinajstić information content (AvgIpc) is 2.47. The van der Waals surface area contributed by atoms with Crippen LogP contribution < -0.4 is 4.74 Å². The summed E-state index contributed by atoms with van der Waals surface area (Å²) in [5.41, 5.74) is 2.72. The van der Waals surface area contributed by atoms with Crippen LogP contribution in [-0.4, -0.2) is 23.1 Å². The standard InChI is InChI=1S/C17H15ClO4/c1-7-4-9(22-3)5-10-8(2)14-15(17(21)13(7)10)11(19)6-12(20)16(14)18/h4-6,8,19-20H,1-3H3. The van der Waals surface area contributed by atoms with Crippen LogP contribution in [0, 0.1) is 6.92 Å². The van der Waals surface area contributed by atoms with Crippen molar-refractivity contribution in [2.24, 2.45) is 0 Å². The lowest BCUT2D eigenvalue weighted by atomic mass is 9.76. The number of ether oxygens (including phenoxy) is 1. The van der Waals surface area contributed by atoms with E-state index in [-0.39, 0.29) is 33.8 Å². The molecule has 0 fully saturated rings. The van der Waals surface area contributed by atoms with Gasteiger partial charge in [-0.15, -0.1) is 0 Å². The second kappa shape index (κ2) is 4.92. The largest absolute Gasteiger partial charge is 0.507 e. The average molecular weight is 319 g/mol. The van der Waals surface area contributed by atoms with Crippen LogP contribution in [-0.2, 0) is 0 Å². The Morgan fingerprint density at radius 3 is 2.45 bits per heavy atom. The van der Waals surface area contributed by atoms with E-state index >= 15 is 0 Å². The minimum atomic E-state index is -0.289. The summed E-state index contributed by atoms with van der Waals surface area (Å²) in [6, 6.07) is 4.69. The van der Waals surface area contributed by atoms with Crippen molar-refractivity contribution in [3.8, 4) is 17.2 Å². The van der Waals surface area contributed by atoms with E-state index in [1.54, 1.807) is 19.2 Å². The van der Waals surface area contributed by atoms with Crippen molar-refractivity contribution in [1.82, 2.24) is 0 Å². The molecule has 5 heteroatoms. The van der Waals surface area contributed by atoms with E-state index in [0.717, 1.165) is 17.2 Å². The van der Waals surface area contributed by atoms with Gasteiger partial charge in [-0.05, 0) is 35.7 Å². The molecule has 22 heavy (non-hydrogen) atoms. The first-order chi connectivity index (χ1) is 10.4. The predicted molar refractivity (Wildman–Crippen MR) is 83.5 cm³/mol. The second-order valence-corrected chi connectivity index (χ2v) is 5.85. The SMILES string of the molecule is COc1cc(C)c2c(c1)C(C)c1c(Cl)c(O)cc(O)c1C2=O. The van der Waals surface area contributed by atoms with Gasteiger partial charge in [-0.2, -0.15) is 0 Å². The zero-order valence-electron chi connectivity index (χ0n) is 12.4. The monoisotopic (exact) mass is 318 g/mol. The third-order valence-corrected chi connectivity index (χ3v) is 4.59. The van der Waals surface area contributed by atoms with Crippen LogP contribution in [0.2, 0.25) is 5.02 Å². The van der Waals surface area contributed by atoms with Crippen molar-refractivity contribution < 1.29 is 19.7 Å². The predicted octanol–water partition coefficient (Wildman–Crippen LogP) is 3.76. The van der Waals surface area contributed by atoms with E-state index in [1.165, 1.54) is 0 Å². The number of rotatable bonds is 1. The van der Waals surface area contributed by atoms with Gasteiger partial charge in [0, 0.05) is 17.5 Å². The Bertz CT molecular complexity index is 811. The molecule has 3 rings (SSSR count). The van der Waals surface area contributed by atoms with Gasteiger partial charge in [0.1, 0.15) is 17.2 Å². The summed E-state index contributed by atoms with van der Waals surface area (Å²) in [6.07, 6.45) is 0. The number of aryl methyl sites for hydroxylation is 1. The maximum atomic E-state index is 12.8. The van der Waals surface area contributed by atoms with E-state index in [0.29, 0.717) is 16.9 Å². The summed E-state index contributed by atoms with van der Waals surface area (Å²) in [5.74, 6) is -0.375. The molecule has 2 aromatic rings. The number of halogens is 1. The van der Waals surface area contributed by atoms with Crippen LogP contribution in [0.4, 0.5) is 0 Å². The van der Waals surface area contributed by atoms with Crippen molar-refractivity contribution >= 4 is 17.4 Å². The number of hydrogen-bond donors (Lipinski definition) is 2. The second-order valence-electron chi connectivity index (χ2n) is 5.48. The van der Waals surface area contributed by atoms with Crippen molar-refractivity contribution in [3.63, 3.8) is 0 Å². The maximum absolute atomic E-state index is 12.8. The van der Waals surface area contributed by atoms with Gasteiger partial charge in [-0.3, -0.25) is 4.79 Å². The molecule has 1 unspecified atom stereocenters. The Hall–Kier alpha value is -2.20. The molecule has 114 valence electrons. The Balaban J connectivity index is 2.37. The third kappa shape index (κ3) is 1.87. The lowest BCUT2D eigenvalue weighted by molar-refractivity contribution is 0.103. The zero-order valence-corrected chi connectivity index (χ0v) is 13.2. The molecule has 1 atom stereocenters. The Morgan fingerprint density at radius 1 is 1.14 bits per heavy atom. The lowest BCUT2D eigenvalue weighted by Crippen LogP contribution is -2.20.